The lowest BCUT2D eigenvalue weighted by molar-refractivity contribution is -0.0219. The Balaban J connectivity index is 1.91. The van der Waals surface area contributed by atoms with Gasteiger partial charge in [-0.2, -0.15) is 0 Å². The van der Waals surface area contributed by atoms with Crippen LogP contribution in [0.3, 0.4) is 0 Å². The molecule has 1 saturated heterocycles. The van der Waals surface area contributed by atoms with Gasteiger partial charge in [-0.25, -0.2) is 4.79 Å². The Morgan fingerprint density at radius 3 is 2.58 bits per heavy atom. The molecule has 0 radical (unpaired) electrons. The normalized spacial score (nSPS) is 25.4. The Morgan fingerprint density at radius 1 is 1.27 bits per heavy atom. The molecule has 3 atom stereocenters. The van der Waals surface area contributed by atoms with E-state index in [1.807, 2.05) is 0 Å². The fourth-order valence-corrected chi connectivity index (χ4v) is 4.62. The first-order valence-corrected chi connectivity index (χ1v) is 9.65. The Kier molecular flexibility index (Phi) is 5.98. The van der Waals surface area contributed by atoms with Crippen LogP contribution in [0.15, 0.2) is 12.1 Å². The molecule has 1 aromatic carbocycles. The molecule has 3 rings (SSSR count). The van der Waals surface area contributed by atoms with Gasteiger partial charge in [0.25, 0.3) is 0 Å². The standard InChI is InChI=1S/C20H28ClNO4/c1-12(2)7-14-11-22-6-5-13-8-18(24-3)19(25-4)9-15(13)16(22)10-17(14)26-20(21)23/h8-9,12,14,16-17H,5-7,10-11H2,1-4H3. The molecule has 0 aliphatic carbocycles. The molecule has 0 N–H and O–H groups in total. The maximum absolute atomic E-state index is 11.4. The average Bonchev–Trinajstić information content (AvgIpc) is 2.60. The molecule has 2 heterocycles. The quantitative estimate of drug-likeness (QED) is 0.707. The van der Waals surface area contributed by atoms with E-state index in [9.17, 15) is 4.79 Å². The fraction of sp³-hybridized carbons (Fsp3) is 0.650. The minimum absolute atomic E-state index is 0.150. The third kappa shape index (κ3) is 3.94. The number of halogens is 1. The fourth-order valence-electron chi connectivity index (χ4n) is 4.50. The number of hydrogen-bond donors (Lipinski definition) is 0. The first kappa shape index (κ1) is 19.3. The number of fused-ring (bicyclic) bond motifs is 3. The highest BCUT2D eigenvalue weighted by molar-refractivity contribution is 6.61. The number of nitrogens with zero attached hydrogens (tertiary/aromatic N) is 1. The van der Waals surface area contributed by atoms with Gasteiger partial charge in [0.1, 0.15) is 6.10 Å². The van der Waals surface area contributed by atoms with E-state index in [4.69, 9.17) is 25.8 Å². The number of hydrogen-bond acceptors (Lipinski definition) is 5. The molecule has 26 heavy (non-hydrogen) atoms. The second kappa shape index (κ2) is 8.05. The second-order valence-electron chi connectivity index (χ2n) is 7.69. The number of methoxy groups -OCH3 is 2. The Bertz CT molecular complexity index is 663. The van der Waals surface area contributed by atoms with Crippen LogP contribution in [0.4, 0.5) is 4.79 Å². The molecule has 1 fully saturated rings. The summed E-state index contributed by atoms with van der Waals surface area (Å²) in [6, 6.07) is 4.37. The molecule has 0 bridgehead atoms. The topological polar surface area (TPSA) is 48.0 Å². The number of benzene rings is 1. The molecule has 0 spiro atoms. The Labute approximate surface area is 160 Å². The molecule has 1 aromatic rings. The van der Waals surface area contributed by atoms with Crippen molar-refractivity contribution in [3.63, 3.8) is 0 Å². The van der Waals surface area contributed by atoms with Crippen molar-refractivity contribution in [3.05, 3.63) is 23.3 Å². The molecule has 0 aromatic heterocycles. The summed E-state index contributed by atoms with van der Waals surface area (Å²) in [6.07, 6.45) is 2.62. The van der Waals surface area contributed by atoms with Crippen LogP contribution >= 0.6 is 11.6 Å². The van der Waals surface area contributed by atoms with Gasteiger partial charge in [-0.1, -0.05) is 13.8 Å². The van der Waals surface area contributed by atoms with Gasteiger partial charge in [-0.05, 0) is 42.0 Å². The molecule has 2 aliphatic heterocycles. The largest absolute Gasteiger partial charge is 0.493 e. The van der Waals surface area contributed by atoms with Crippen molar-refractivity contribution in [3.8, 4) is 11.5 Å². The van der Waals surface area contributed by atoms with Gasteiger partial charge in [0.05, 0.1) is 14.2 Å². The SMILES string of the molecule is COc1cc2c(cc1OC)C1CC(OC(=O)Cl)C(CC(C)C)CN1CC2. The van der Waals surface area contributed by atoms with Crippen LogP contribution < -0.4 is 9.47 Å². The highest BCUT2D eigenvalue weighted by Crippen LogP contribution is 2.44. The van der Waals surface area contributed by atoms with Crippen molar-refractivity contribution < 1.29 is 19.0 Å². The molecule has 0 amide bonds. The minimum Gasteiger partial charge on any atom is -0.493 e. The van der Waals surface area contributed by atoms with E-state index in [2.05, 4.69) is 30.9 Å². The van der Waals surface area contributed by atoms with Gasteiger partial charge < -0.3 is 14.2 Å². The minimum atomic E-state index is -0.708. The monoisotopic (exact) mass is 381 g/mol. The molecule has 2 aliphatic rings. The van der Waals surface area contributed by atoms with Crippen LogP contribution in [-0.4, -0.2) is 43.7 Å². The maximum atomic E-state index is 11.4. The lowest BCUT2D eigenvalue weighted by Crippen LogP contribution is -2.49. The number of carbonyl (C=O) groups excluding carboxylic acids is 1. The van der Waals surface area contributed by atoms with Gasteiger partial charge in [0, 0.05) is 43.1 Å². The van der Waals surface area contributed by atoms with E-state index in [0.29, 0.717) is 11.8 Å². The van der Waals surface area contributed by atoms with Crippen LogP contribution in [0.1, 0.15) is 43.9 Å². The van der Waals surface area contributed by atoms with E-state index in [-0.39, 0.29) is 12.1 Å². The summed E-state index contributed by atoms with van der Waals surface area (Å²) in [7, 11) is 3.31. The molecular weight excluding hydrogens is 354 g/mol. The predicted molar refractivity (Wildman–Crippen MR) is 101 cm³/mol. The summed E-state index contributed by atoms with van der Waals surface area (Å²) in [5, 5.41) is 0. The Hall–Kier alpha value is -1.46. The Morgan fingerprint density at radius 2 is 1.96 bits per heavy atom. The lowest BCUT2D eigenvalue weighted by Gasteiger charge is -2.47. The number of ether oxygens (including phenoxy) is 3. The average molecular weight is 382 g/mol. The van der Waals surface area contributed by atoms with E-state index in [0.717, 1.165) is 43.9 Å². The number of rotatable bonds is 5. The third-order valence-electron chi connectivity index (χ3n) is 5.58. The summed E-state index contributed by atoms with van der Waals surface area (Å²) in [6.45, 7) is 6.33. The number of piperidine rings is 1. The van der Waals surface area contributed by atoms with E-state index in [1.54, 1.807) is 14.2 Å². The van der Waals surface area contributed by atoms with Gasteiger partial charge in [0.2, 0.25) is 0 Å². The van der Waals surface area contributed by atoms with Crippen LogP contribution in [0.5, 0.6) is 11.5 Å². The van der Waals surface area contributed by atoms with E-state index < -0.39 is 5.43 Å². The van der Waals surface area contributed by atoms with Crippen molar-refractivity contribution in [1.82, 2.24) is 4.90 Å². The van der Waals surface area contributed by atoms with Gasteiger partial charge >= 0.3 is 5.43 Å². The zero-order valence-corrected chi connectivity index (χ0v) is 16.7. The molecule has 3 unspecified atom stereocenters. The summed E-state index contributed by atoms with van der Waals surface area (Å²) in [4.78, 5) is 13.9. The second-order valence-corrected chi connectivity index (χ2v) is 7.99. The number of carbonyl (C=O) groups is 1. The van der Waals surface area contributed by atoms with E-state index in [1.165, 1.54) is 11.1 Å². The molecule has 0 saturated carbocycles. The van der Waals surface area contributed by atoms with Gasteiger partial charge in [-0.3, -0.25) is 4.90 Å². The highest BCUT2D eigenvalue weighted by atomic mass is 35.5. The van der Waals surface area contributed by atoms with Crippen molar-refractivity contribution >= 4 is 17.0 Å². The van der Waals surface area contributed by atoms with Crippen molar-refractivity contribution in [2.24, 2.45) is 11.8 Å². The zero-order chi connectivity index (χ0) is 18.8. The molecular formula is C20H28ClNO4. The molecule has 5 nitrogen and oxygen atoms in total. The van der Waals surface area contributed by atoms with Crippen LogP contribution in [0, 0.1) is 11.8 Å². The van der Waals surface area contributed by atoms with Crippen molar-refractivity contribution in [2.75, 3.05) is 27.3 Å². The summed E-state index contributed by atoms with van der Waals surface area (Å²) < 4.78 is 16.5. The smallest absolute Gasteiger partial charge is 0.404 e. The molecule has 6 heteroatoms. The van der Waals surface area contributed by atoms with Crippen LogP contribution in [-0.2, 0) is 11.2 Å². The maximum Gasteiger partial charge on any atom is 0.404 e. The zero-order valence-electron chi connectivity index (χ0n) is 16.0. The van der Waals surface area contributed by atoms with Gasteiger partial charge in [0.15, 0.2) is 11.5 Å². The van der Waals surface area contributed by atoms with Crippen molar-refractivity contribution in [1.29, 1.82) is 0 Å². The van der Waals surface area contributed by atoms with E-state index >= 15 is 0 Å². The van der Waals surface area contributed by atoms with Crippen LogP contribution in [0.2, 0.25) is 0 Å². The third-order valence-corrected chi connectivity index (χ3v) is 5.67. The lowest BCUT2D eigenvalue weighted by atomic mass is 9.79. The first-order chi connectivity index (χ1) is 12.4. The summed E-state index contributed by atoms with van der Waals surface area (Å²) in [5.41, 5.74) is 1.82. The first-order valence-electron chi connectivity index (χ1n) is 9.27. The van der Waals surface area contributed by atoms with Gasteiger partial charge in [-0.15, -0.1) is 0 Å². The highest BCUT2D eigenvalue weighted by Gasteiger charge is 2.41. The van der Waals surface area contributed by atoms with Crippen molar-refractivity contribution in [2.45, 2.75) is 45.3 Å². The van der Waals surface area contributed by atoms with Crippen LogP contribution in [0.25, 0.3) is 0 Å². The summed E-state index contributed by atoms with van der Waals surface area (Å²) in [5.74, 6) is 2.37. The predicted octanol–water partition coefficient (Wildman–Crippen LogP) is 4.41. The molecule has 144 valence electrons. The summed E-state index contributed by atoms with van der Waals surface area (Å²) >= 11 is 5.56.